The first kappa shape index (κ1) is 26.9. The van der Waals surface area contributed by atoms with Crippen molar-refractivity contribution in [2.45, 2.75) is 53.4 Å². The fourth-order valence-corrected chi connectivity index (χ4v) is 7.08. The molecule has 192 valence electrons. The van der Waals surface area contributed by atoms with Gasteiger partial charge in [-0.2, -0.15) is 9.97 Å². The van der Waals surface area contributed by atoms with Crippen LogP contribution in [0.2, 0.25) is 0 Å². The van der Waals surface area contributed by atoms with Crippen LogP contribution in [0.3, 0.4) is 0 Å². The van der Waals surface area contributed by atoms with Gasteiger partial charge >= 0.3 is 13.4 Å². The Kier molecular flexibility index (Phi) is 7.96. The monoisotopic (exact) mass is 560 g/mol. The molecule has 0 unspecified atom stereocenters. The van der Waals surface area contributed by atoms with Crippen molar-refractivity contribution in [1.82, 2.24) is 19.9 Å². The van der Waals surface area contributed by atoms with Gasteiger partial charge in [-0.15, -0.1) is 0 Å². The minimum atomic E-state index is -3.04. The van der Waals surface area contributed by atoms with Gasteiger partial charge in [-0.05, 0) is 13.8 Å². The summed E-state index contributed by atoms with van der Waals surface area (Å²) in [5, 5.41) is 0. The lowest BCUT2D eigenvalue weighted by atomic mass is 9.93. The SMILES string of the molecule is Cc1cc(OP2(=S)OCC3(CO2)COP(=S)(Oc2cc(C)nc(C(C)C)n2)OC3)nc(C(C)C)n1. The highest BCUT2D eigenvalue weighted by Crippen LogP contribution is 2.59. The smallest absolute Gasteiger partial charge is 0.381 e. The molecule has 0 atom stereocenters. The first-order valence-electron chi connectivity index (χ1n) is 11.3. The van der Waals surface area contributed by atoms with Gasteiger partial charge in [0.05, 0.1) is 31.8 Å². The van der Waals surface area contributed by atoms with Crippen molar-refractivity contribution in [1.29, 1.82) is 0 Å². The fraction of sp³-hybridized carbons (Fsp3) is 0.619. The zero-order chi connectivity index (χ0) is 25.4. The number of nitrogens with zero attached hydrogens (tertiary/aromatic N) is 4. The largest absolute Gasteiger partial charge is 0.406 e. The van der Waals surface area contributed by atoms with Gasteiger partial charge < -0.3 is 9.05 Å². The maximum atomic E-state index is 5.93. The van der Waals surface area contributed by atoms with Crippen molar-refractivity contribution in [3.05, 3.63) is 35.2 Å². The Morgan fingerprint density at radius 2 is 1.06 bits per heavy atom. The average Bonchev–Trinajstić information content (AvgIpc) is 2.77. The second-order valence-corrected chi connectivity index (χ2v) is 15.3. The summed E-state index contributed by atoms with van der Waals surface area (Å²) in [6.45, 7) is 6.69. The fourth-order valence-electron chi connectivity index (χ4n) is 3.26. The van der Waals surface area contributed by atoms with E-state index in [4.69, 9.17) is 50.8 Å². The maximum absolute atomic E-state index is 5.93. The topological polar surface area (TPSA) is 107 Å². The summed E-state index contributed by atoms with van der Waals surface area (Å²) in [6.07, 6.45) is 0. The van der Waals surface area contributed by atoms with Crippen molar-refractivity contribution in [2.24, 2.45) is 5.41 Å². The molecule has 0 bridgehead atoms. The van der Waals surface area contributed by atoms with Gasteiger partial charge in [0.1, 0.15) is 11.6 Å². The van der Waals surface area contributed by atoms with E-state index in [2.05, 4.69) is 19.9 Å². The van der Waals surface area contributed by atoms with Gasteiger partial charge in [0, 0.05) is 59.0 Å². The number of aryl methyl sites for hydroxylation is 2. The van der Waals surface area contributed by atoms with E-state index in [1.54, 1.807) is 12.1 Å². The Labute approximate surface area is 216 Å². The van der Waals surface area contributed by atoms with Crippen LogP contribution in [0.25, 0.3) is 0 Å². The van der Waals surface area contributed by atoms with Gasteiger partial charge in [0.15, 0.2) is 0 Å². The third-order valence-corrected chi connectivity index (χ3v) is 9.57. The predicted octanol–water partition coefficient (Wildman–Crippen LogP) is 5.12. The molecule has 0 aromatic carbocycles. The van der Waals surface area contributed by atoms with Crippen LogP contribution >= 0.6 is 13.4 Å². The zero-order valence-electron chi connectivity index (χ0n) is 20.6. The highest BCUT2D eigenvalue weighted by molar-refractivity contribution is 8.08. The van der Waals surface area contributed by atoms with E-state index in [1.165, 1.54) is 0 Å². The Balaban J connectivity index is 1.37. The summed E-state index contributed by atoms with van der Waals surface area (Å²) in [4.78, 5) is 17.7. The molecule has 2 saturated heterocycles. The average molecular weight is 561 g/mol. The van der Waals surface area contributed by atoms with Crippen LogP contribution in [0.15, 0.2) is 12.1 Å². The first-order chi connectivity index (χ1) is 16.4. The van der Waals surface area contributed by atoms with Gasteiger partial charge in [-0.3, -0.25) is 18.1 Å². The van der Waals surface area contributed by atoms with Gasteiger partial charge in [-0.1, -0.05) is 27.7 Å². The van der Waals surface area contributed by atoms with Gasteiger partial charge in [-0.25, -0.2) is 9.97 Å². The van der Waals surface area contributed by atoms with E-state index in [9.17, 15) is 0 Å². The van der Waals surface area contributed by atoms with E-state index in [1.807, 2.05) is 41.5 Å². The van der Waals surface area contributed by atoms with E-state index >= 15 is 0 Å². The molecule has 0 amide bonds. The molecule has 0 radical (unpaired) electrons. The molecule has 4 rings (SSSR count). The molecular formula is C21H30N4O6P2S2. The molecule has 1 spiro atoms. The van der Waals surface area contributed by atoms with Crippen molar-refractivity contribution >= 4 is 37.1 Å². The van der Waals surface area contributed by atoms with E-state index in [0.717, 1.165) is 11.4 Å². The molecule has 2 aliphatic rings. The summed E-state index contributed by atoms with van der Waals surface area (Å²) >= 11 is 11.1. The normalized spacial score (nSPS) is 29.0. The number of aromatic nitrogens is 4. The molecule has 0 saturated carbocycles. The third-order valence-electron chi connectivity index (χ3n) is 5.25. The summed E-state index contributed by atoms with van der Waals surface area (Å²) in [7, 11) is 0. The quantitative estimate of drug-likeness (QED) is 0.438. The molecule has 35 heavy (non-hydrogen) atoms. The number of rotatable bonds is 6. The van der Waals surface area contributed by atoms with Crippen molar-refractivity contribution in [3.8, 4) is 11.8 Å². The molecule has 2 fully saturated rings. The molecule has 0 aliphatic carbocycles. The summed E-state index contributed by atoms with van der Waals surface area (Å²) in [6, 6.07) is 3.44. The van der Waals surface area contributed by atoms with Crippen LogP contribution in [0.4, 0.5) is 0 Å². The van der Waals surface area contributed by atoms with Crippen LogP contribution in [-0.4, -0.2) is 46.4 Å². The summed E-state index contributed by atoms with van der Waals surface area (Å²) < 4.78 is 35.5. The van der Waals surface area contributed by atoms with Crippen molar-refractivity contribution in [3.63, 3.8) is 0 Å². The molecule has 4 heterocycles. The Hall–Kier alpha value is -1.10. The van der Waals surface area contributed by atoms with E-state index in [-0.39, 0.29) is 38.3 Å². The van der Waals surface area contributed by atoms with Crippen molar-refractivity contribution in [2.75, 3.05) is 26.4 Å². The lowest BCUT2D eigenvalue weighted by Crippen LogP contribution is -2.46. The first-order valence-corrected chi connectivity index (χ1v) is 16.4. The van der Waals surface area contributed by atoms with Crippen LogP contribution < -0.4 is 9.05 Å². The third kappa shape index (κ3) is 6.62. The molecule has 2 aromatic heterocycles. The van der Waals surface area contributed by atoms with Gasteiger partial charge in [0.2, 0.25) is 11.8 Å². The zero-order valence-corrected chi connectivity index (χ0v) is 24.0. The summed E-state index contributed by atoms with van der Waals surface area (Å²) in [5.41, 5.74) is 1.01. The number of hydrogen-bond acceptors (Lipinski definition) is 12. The minimum absolute atomic E-state index is 0.150. The minimum Gasteiger partial charge on any atom is -0.406 e. The second kappa shape index (κ2) is 10.3. The lowest BCUT2D eigenvalue weighted by Gasteiger charge is -2.43. The van der Waals surface area contributed by atoms with E-state index in [0.29, 0.717) is 23.4 Å². The van der Waals surface area contributed by atoms with Crippen LogP contribution in [0.5, 0.6) is 11.8 Å². The highest BCUT2D eigenvalue weighted by Gasteiger charge is 2.48. The highest BCUT2D eigenvalue weighted by atomic mass is 32.5. The number of hydrogen-bond donors (Lipinski definition) is 0. The molecule has 14 heteroatoms. The Morgan fingerprint density at radius 3 is 1.37 bits per heavy atom. The molecule has 2 aromatic rings. The Morgan fingerprint density at radius 1 is 0.714 bits per heavy atom. The standard InChI is InChI=1S/C21H30N4O6P2S2/c1-13(2)19-22-15(5)7-17(24-19)30-32(34)26-9-21(10-27-32)11-28-33(35,29-12-21)31-18-8-16(6)23-20(25-18)14(3)4/h7-8,13-14H,9-12H2,1-6H3. The summed E-state index contributed by atoms with van der Waals surface area (Å²) in [5.74, 6) is 2.35. The van der Waals surface area contributed by atoms with Crippen LogP contribution in [0, 0.1) is 19.3 Å². The predicted molar refractivity (Wildman–Crippen MR) is 138 cm³/mol. The lowest BCUT2D eigenvalue weighted by molar-refractivity contribution is -0.0692. The van der Waals surface area contributed by atoms with Crippen LogP contribution in [-0.2, 0) is 41.7 Å². The second-order valence-electron chi connectivity index (χ2n) is 9.39. The molecular weight excluding hydrogens is 530 g/mol. The van der Waals surface area contributed by atoms with E-state index < -0.39 is 18.9 Å². The van der Waals surface area contributed by atoms with Gasteiger partial charge in [0.25, 0.3) is 0 Å². The molecule has 2 aliphatic heterocycles. The Bertz CT molecular complexity index is 1080. The molecule has 10 nitrogen and oxygen atoms in total. The van der Waals surface area contributed by atoms with Crippen molar-refractivity contribution < 1.29 is 27.1 Å². The maximum Gasteiger partial charge on any atom is 0.381 e. The molecule has 0 N–H and O–H groups in total. The van der Waals surface area contributed by atoms with Crippen LogP contribution in [0.1, 0.15) is 62.6 Å².